The zero-order valence-electron chi connectivity index (χ0n) is 15.5. The first-order valence-corrected chi connectivity index (χ1v) is 12.3. The van der Waals surface area contributed by atoms with Crippen LogP contribution in [0, 0.1) is 5.82 Å². The van der Waals surface area contributed by atoms with Gasteiger partial charge in [0, 0.05) is 17.8 Å². The second kappa shape index (κ2) is 5.99. The van der Waals surface area contributed by atoms with Gasteiger partial charge in [-0.2, -0.15) is 0 Å². The van der Waals surface area contributed by atoms with Crippen molar-refractivity contribution in [3.8, 4) is 0 Å². The van der Waals surface area contributed by atoms with Crippen LogP contribution in [-0.2, 0) is 0 Å². The zero-order valence-corrected chi connectivity index (χ0v) is 16.5. The van der Waals surface area contributed by atoms with Crippen molar-refractivity contribution in [2.24, 2.45) is 0 Å². The third kappa shape index (κ3) is 2.61. The van der Waals surface area contributed by atoms with Crippen molar-refractivity contribution in [1.29, 1.82) is 0 Å². The molecule has 0 radical (unpaired) electrons. The number of hydrogen-bond acceptors (Lipinski definition) is 2. The minimum atomic E-state index is -1.55. The molecule has 0 aliphatic heterocycles. The summed E-state index contributed by atoms with van der Waals surface area (Å²) >= 11 is 0. The number of para-hydroxylation sites is 3. The summed E-state index contributed by atoms with van der Waals surface area (Å²) in [6, 6.07) is 19.3. The highest BCUT2D eigenvalue weighted by atomic mass is 28.3. The van der Waals surface area contributed by atoms with Gasteiger partial charge < -0.3 is 9.32 Å². The molecule has 26 heavy (non-hydrogen) atoms. The fourth-order valence-corrected chi connectivity index (χ4v) is 4.98. The molecule has 3 aromatic carbocycles. The zero-order chi connectivity index (χ0) is 18.5. The van der Waals surface area contributed by atoms with Gasteiger partial charge in [-0.3, -0.25) is 0 Å². The minimum absolute atomic E-state index is 0.245. The van der Waals surface area contributed by atoms with E-state index < -0.39 is 8.07 Å². The molecule has 1 aromatic heterocycles. The number of rotatable bonds is 3. The highest BCUT2D eigenvalue weighted by Crippen LogP contribution is 2.37. The fourth-order valence-electron chi connectivity index (χ4n) is 3.51. The number of benzene rings is 3. The van der Waals surface area contributed by atoms with Crippen LogP contribution < -0.4 is 10.1 Å². The lowest BCUT2D eigenvalue weighted by Crippen LogP contribution is -2.37. The lowest BCUT2D eigenvalue weighted by Gasteiger charge is -2.20. The summed E-state index contributed by atoms with van der Waals surface area (Å²) in [4.78, 5) is 1.86. The number of hydrogen-bond donors (Lipinski definition) is 0. The number of nitrogens with zero attached hydrogens (tertiary/aromatic N) is 1. The Morgan fingerprint density at radius 3 is 2.08 bits per heavy atom. The molecule has 0 atom stereocenters. The summed E-state index contributed by atoms with van der Waals surface area (Å²) in [5.41, 5.74) is 3.17. The van der Waals surface area contributed by atoms with Gasteiger partial charge in [0.15, 0.2) is 5.58 Å². The third-order valence-corrected chi connectivity index (χ3v) is 6.90. The Hall–Kier alpha value is -2.59. The van der Waals surface area contributed by atoms with E-state index in [1.807, 2.05) is 30.1 Å². The summed E-state index contributed by atoms with van der Waals surface area (Å²) in [7, 11) is 0.329. The van der Waals surface area contributed by atoms with Crippen LogP contribution in [-0.4, -0.2) is 15.1 Å². The van der Waals surface area contributed by atoms with E-state index >= 15 is 0 Å². The summed E-state index contributed by atoms with van der Waals surface area (Å²) in [6.45, 7) is 6.96. The molecule has 0 aliphatic carbocycles. The topological polar surface area (TPSA) is 16.4 Å². The van der Waals surface area contributed by atoms with Crippen molar-refractivity contribution in [1.82, 2.24) is 0 Å². The first-order chi connectivity index (χ1) is 12.4. The van der Waals surface area contributed by atoms with Crippen LogP contribution in [0.2, 0.25) is 19.6 Å². The first kappa shape index (κ1) is 16.9. The summed E-state index contributed by atoms with van der Waals surface area (Å²) in [6.07, 6.45) is 0. The lowest BCUT2D eigenvalue weighted by molar-refractivity contribution is 0.627. The highest BCUT2D eigenvalue weighted by Gasteiger charge is 2.23. The molecule has 1 heterocycles. The standard InChI is InChI=1S/C22H22FNOSi/c1-24(18-12-6-5-11-17(18)23)19-13-7-9-15-16-10-8-14-20(26(2,3)4)22(16)25-21(15)19/h5-14H,1-4H3. The molecular formula is C22H22FNOSi. The van der Waals surface area contributed by atoms with Crippen LogP contribution in [0.5, 0.6) is 0 Å². The first-order valence-electron chi connectivity index (χ1n) is 8.81. The average molecular weight is 364 g/mol. The maximum Gasteiger partial charge on any atom is 0.159 e. The second-order valence-electron chi connectivity index (χ2n) is 7.70. The van der Waals surface area contributed by atoms with E-state index in [-0.39, 0.29) is 5.82 Å². The second-order valence-corrected chi connectivity index (χ2v) is 12.7. The molecule has 0 N–H and O–H groups in total. The van der Waals surface area contributed by atoms with Crippen LogP contribution in [0.4, 0.5) is 15.8 Å². The molecule has 132 valence electrons. The smallest absolute Gasteiger partial charge is 0.159 e. The Morgan fingerprint density at radius 1 is 0.769 bits per heavy atom. The maximum atomic E-state index is 14.3. The van der Waals surface area contributed by atoms with Crippen molar-refractivity contribution in [2.75, 3.05) is 11.9 Å². The van der Waals surface area contributed by atoms with Gasteiger partial charge in [-0.15, -0.1) is 0 Å². The van der Waals surface area contributed by atoms with Gasteiger partial charge in [0.1, 0.15) is 11.4 Å². The lowest BCUT2D eigenvalue weighted by atomic mass is 10.1. The predicted octanol–water partition coefficient (Wildman–Crippen LogP) is 6.04. The Balaban J connectivity index is 1.99. The summed E-state index contributed by atoms with van der Waals surface area (Å²) in [5.74, 6) is -0.245. The molecule has 0 unspecified atom stereocenters. The van der Waals surface area contributed by atoms with Gasteiger partial charge in [-0.25, -0.2) is 4.39 Å². The molecule has 0 saturated carbocycles. The van der Waals surface area contributed by atoms with Crippen LogP contribution in [0.1, 0.15) is 0 Å². The number of furan rings is 1. The molecule has 0 fully saturated rings. The maximum absolute atomic E-state index is 14.3. The van der Waals surface area contributed by atoms with Crippen molar-refractivity contribution < 1.29 is 8.81 Å². The third-order valence-electron chi connectivity index (χ3n) is 4.89. The van der Waals surface area contributed by atoms with Crippen molar-refractivity contribution in [3.63, 3.8) is 0 Å². The fraction of sp³-hybridized carbons (Fsp3) is 0.182. The Kier molecular flexibility index (Phi) is 3.88. The Bertz CT molecular complexity index is 1110. The molecule has 0 amide bonds. The van der Waals surface area contributed by atoms with Gasteiger partial charge in [-0.1, -0.05) is 62.1 Å². The van der Waals surface area contributed by atoms with Gasteiger partial charge in [0.25, 0.3) is 0 Å². The Labute approximate surface area is 153 Å². The summed E-state index contributed by atoms with van der Waals surface area (Å²) in [5, 5.41) is 3.51. The number of halogens is 1. The quantitative estimate of drug-likeness (QED) is 0.413. The van der Waals surface area contributed by atoms with Crippen LogP contribution in [0.3, 0.4) is 0 Å². The van der Waals surface area contributed by atoms with E-state index in [0.29, 0.717) is 5.69 Å². The van der Waals surface area contributed by atoms with Gasteiger partial charge in [0.05, 0.1) is 19.4 Å². The molecule has 2 nitrogen and oxygen atoms in total. The van der Waals surface area contributed by atoms with Gasteiger partial charge in [-0.05, 0) is 23.4 Å². The molecule has 0 spiro atoms. The summed E-state index contributed by atoms with van der Waals surface area (Å²) < 4.78 is 20.7. The van der Waals surface area contributed by atoms with E-state index in [0.717, 1.165) is 27.6 Å². The minimum Gasteiger partial charge on any atom is -0.454 e. The van der Waals surface area contributed by atoms with Crippen LogP contribution >= 0.6 is 0 Å². The van der Waals surface area contributed by atoms with Gasteiger partial charge >= 0.3 is 0 Å². The molecule has 0 saturated heterocycles. The number of fused-ring (bicyclic) bond motifs is 3. The van der Waals surface area contributed by atoms with E-state index in [4.69, 9.17) is 4.42 Å². The van der Waals surface area contributed by atoms with Gasteiger partial charge in [0.2, 0.25) is 0 Å². The monoisotopic (exact) mass is 363 g/mol. The van der Waals surface area contributed by atoms with E-state index in [1.165, 1.54) is 11.3 Å². The molecular weight excluding hydrogens is 341 g/mol. The van der Waals surface area contributed by atoms with Crippen LogP contribution in [0.15, 0.2) is 65.1 Å². The molecule has 0 aliphatic rings. The molecule has 4 heteroatoms. The van der Waals surface area contributed by atoms with Crippen molar-refractivity contribution in [2.45, 2.75) is 19.6 Å². The van der Waals surface area contributed by atoms with Crippen molar-refractivity contribution >= 4 is 46.6 Å². The van der Waals surface area contributed by atoms with E-state index in [1.54, 1.807) is 12.1 Å². The van der Waals surface area contributed by atoms with E-state index in [2.05, 4.69) is 43.9 Å². The van der Waals surface area contributed by atoms with Crippen LogP contribution in [0.25, 0.3) is 21.9 Å². The predicted molar refractivity (Wildman–Crippen MR) is 111 cm³/mol. The highest BCUT2D eigenvalue weighted by molar-refractivity contribution is 6.90. The average Bonchev–Trinajstić information content (AvgIpc) is 2.99. The van der Waals surface area contributed by atoms with E-state index in [9.17, 15) is 4.39 Å². The van der Waals surface area contributed by atoms with Crippen molar-refractivity contribution in [3.05, 3.63) is 66.5 Å². The normalized spacial score (nSPS) is 12.0. The molecule has 0 bridgehead atoms. The molecule has 4 rings (SSSR count). The largest absolute Gasteiger partial charge is 0.454 e. The SMILES string of the molecule is CN(c1ccccc1F)c1cccc2c1oc1c([Si](C)(C)C)cccc12. The number of anilines is 2. The Morgan fingerprint density at radius 2 is 1.38 bits per heavy atom. The molecule has 4 aromatic rings.